The topological polar surface area (TPSA) is 108 Å². The Balaban J connectivity index is 1.90. The van der Waals surface area contributed by atoms with Gasteiger partial charge in [0.2, 0.25) is 0 Å². The molecule has 1 aliphatic rings. The molecule has 1 unspecified atom stereocenters. The fraction of sp³-hybridized carbons (Fsp3) is 0.481. The normalized spacial score (nSPS) is 16.4. The molecule has 0 radical (unpaired) electrons. The second-order valence-corrected chi connectivity index (χ2v) is 15.6. The number of rotatable bonds is 9. The quantitative estimate of drug-likeness (QED) is 0.244. The van der Waals surface area contributed by atoms with Crippen LogP contribution < -0.4 is 9.47 Å². The van der Waals surface area contributed by atoms with Gasteiger partial charge in [0.05, 0.1) is 30.7 Å². The first kappa shape index (κ1) is 28.3. The van der Waals surface area contributed by atoms with Gasteiger partial charge in [-0.2, -0.15) is 0 Å². The monoisotopic (exact) mass is 528 g/mol. The lowest BCUT2D eigenvalue weighted by atomic mass is 9.99. The average molecular weight is 529 g/mol. The summed E-state index contributed by atoms with van der Waals surface area (Å²) in [7, 11) is -0.720. The molecule has 0 aromatic heterocycles. The van der Waals surface area contributed by atoms with Crippen LogP contribution in [0.25, 0.3) is 0 Å². The lowest BCUT2D eigenvalue weighted by Crippen LogP contribution is -2.51. The number of Topliss-reactive ketones (excluding diaryl/α,β-unsaturated/α-hetero) is 1. The summed E-state index contributed by atoms with van der Waals surface area (Å²) in [4.78, 5) is 38.9. The van der Waals surface area contributed by atoms with Gasteiger partial charge in [0.25, 0.3) is 11.6 Å². The van der Waals surface area contributed by atoms with E-state index in [0.29, 0.717) is 0 Å². The third-order valence-corrected chi connectivity index (χ3v) is 11.7. The number of nitrogens with zero attached hydrogens (tertiary/aromatic N) is 2. The number of nitro benzene ring substituents is 1. The Bertz CT molecular complexity index is 1150. The molecule has 1 heterocycles. The number of ketones is 1. The van der Waals surface area contributed by atoms with Gasteiger partial charge in [-0.3, -0.25) is 19.7 Å². The zero-order valence-electron chi connectivity index (χ0n) is 22.4. The zero-order valence-corrected chi connectivity index (χ0v) is 23.4. The van der Waals surface area contributed by atoms with Crippen molar-refractivity contribution in [2.24, 2.45) is 0 Å². The highest BCUT2D eigenvalue weighted by atomic mass is 28.4. The highest BCUT2D eigenvalue weighted by Crippen LogP contribution is 2.38. The van der Waals surface area contributed by atoms with Crippen LogP contribution in [0.3, 0.4) is 0 Å². The first-order valence-corrected chi connectivity index (χ1v) is 15.2. The van der Waals surface area contributed by atoms with Gasteiger partial charge in [-0.1, -0.05) is 51.1 Å². The van der Waals surface area contributed by atoms with E-state index in [1.807, 2.05) is 30.3 Å². The Kier molecular flexibility index (Phi) is 8.75. The maximum atomic E-state index is 13.7. The number of nitro groups is 1. The van der Waals surface area contributed by atoms with Crippen molar-refractivity contribution < 1.29 is 28.4 Å². The maximum Gasteiger partial charge on any atom is 0.286 e. The van der Waals surface area contributed by atoms with Crippen molar-refractivity contribution in [3.05, 3.63) is 63.7 Å². The van der Waals surface area contributed by atoms with Gasteiger partial charge >= 0.3 is 0 Å². The Morgan fingerprint density at radius 2 is 1.84 bits per heavy atom. The first-order valence-electron chi connectivity index (χ1n) is 12.3. The number of hydrogen-bond donors (Lipinski definition) is 0. The minimum atomic E-state index is -2.14. The molecule has 2 aromatic carbocycles. The summed E-state index contributed by atoms with van der Waals surface area (Å²) in [6, 6.07) is 11.5. The van der Waals surface area contributed by atoms with Crippen LogP contribution in [-0.4, -0.2) is 56.1 Å². The molecule has 0 spiro atoms. The fourth-order valence-corrected chi connectivity index (χ4v) is 4.92. The van der Waals surface area contributed by atoms with Crippen LogP contribution in [0.15, 0.2) is 42.5 Å². The SMILES string of the molecule is COc1cc(C(=O)N2CCC(=O)CC2CO[Si](C)(C)C(C)(C)C)c([N+](=O)[O-])cc1OCc1ccccc1. The number of methoxy groups -OCH3 is 1. The van der Waals surface area contributed by atoms with E-state index in [2.05, 4.69) is 33.9 Å². The summed E-state index contributed by atoms with van der Waals surface area (Å²) in [6.45, 7) is 11.1. The number of carbonyl (C=O) groups excluding carboxylic acids is 2. The molecular weight excluding hydrogens is 492 g/mol. The third kappa shape index (κ3) is 6.75. The van der Waals surface area contributed by atoms with Crippen LogP contribution >= 0.6 is 0 Å². The molecule has 1 saturated heterocycles. The number of hydrogen-bond acceptors (Lipinski definition) is 7. The van der Waals surface area contributed by atoms with Gasteiger partial charge in [-0.05, 0) is 23.7 Å². The first-order chi connectivity index (χ1) is 17.3. The molecule has 0 aliphatic carbocycles. The van der Waals surface area contributed by atoms with Crippen molar-refractivity contribution in [2.45, 2.75) is 64.4 Å². The molecule has 10 heteroatoms. The lowest BCUT2D eigenvalue weighted by molar-refractivity contribution is -0.385. The smallest absolute Gasteiger partial charge is 0.286 e. The van der Waals surface area contributed by atoms with Gasteiger partial charge in [-0.15, -0.1) is 0 Å². The molecule has 0 N–H and O–H groups in total. The zero-order chi connectivity index (χ0) is 27.4. The van der Waals surface area contributed by atoms with Gasteiger partial charge in [0, 0.05) is 25.5 Å². The van der Waals surface area contributed by atoms with E-state index in [9.17, 15) is 19.7 Å². The number of carbonyl (C=O) groups is 2. The van der Waals surface area contributed by atoms with E-state index in [-0.39, 0.29) is 66.2 Å². The third-order valence-electron chi connectivity index (χ3n) is 7.19. The van der Waals surface area contributed by atoms with E-state index < -0.39 is 25.2 Å². The van der Waals surface area contributed by atoms with Crippen LogP contribution in [0.5, 0.6) is 11.5 Å². The van der Waals surface area contributed by atoms with E-state index >= 15 is 0 Å². The highest BCUT2D eigenvalue weighted by molar-refractivity contribution is 6.74. The molecule has 1 atom stereocenters. The van der Waals surface area contributed by atoms with E-state index in [4.69, 9.17) is 13.9 Å². The van der Waals surface area contributed by atoms with Gasteiger partial charge in [-0.25, -0.2) is 0 Å². The predicted molar refractivity (Wildman–Crippen MR) is 143 cm³/mol. The van der Waals surface area contributed by atoms with Crippen molar-refractivity contribution in [3.8, 4) is 11.5 Å². The van der Waals surface area contributed by atoms with Gasteiger partial charge in [0.1, 0.15) is 18.0 Å². The van der Waals surface area contributed by atoms with E-state index in [0.717, 1.165) is 5.56 Å². The number of likely N-dealkylation sites (tertiary alicyclic amines) is 1. The Labute approximate surface area is 219 Å². The molecule has 1 fully saturated rings. The molecular formula is C27H36N2O7Si. The van der Waals surface area contributed by atoms with Crippen molar-refractivity contribution >= 4 is 25.7 Å². The maximum absolute atomic E-state index is 13.7. The Morgan fingerprint density at radius 1 is 1.16 bits per heavy atom. The average Bonchev–Trinajstić information content (AvgIpc) is 2.85. The van der Waals surface area contributed by atoms with Gasteiger partial charge < -0.3 is 18.8 Å². The number of ether oxygens (including phenoxy) is 2. The summed E-state index contributed by atoms with van der Waals surface area (Å²) in [5.41, 5.74) is 0.394. The molecule has 1 aliphatic heterocycles. The summed E-state index contributed by atoms with van der Waals surface area (Å²) in [5, 5.41) is 12.0. The predicted octanol–water partition coefficient (Wildman–Crippen LogP) is 5.38. The second-order valence-electron chi connectivity index (χ2n) is 10.8. The minimum absolute atomic E-state index is 0.0394. The van der Waals surface area contributed by atoms with Gasteiger partial charge in [0.15, 0.2) is 19.8 Å². The number of piperidine rings is 1. The Hall–Kier alpha value is -3.24. The molecule has 0 saturated carbocycles. The summed E-state index contributed by atoms with van der Waals surface area (Å²) >= 11 is 0. The van der Waals surface area contributed by atoms with E-state index in [1.54, 1.807) is 0 Å². The molecule has 2 aromatic rings. The van der Waals surface area contributed by atoms with Crippen LogP contribution in [0, 0.1) is 10.1 Å². The molecule has 200 valence electrons. The standard InChI is InChI=1S/C27H36N2O7Si/c1-27(2,3)37(5,6)36-18-20-14-21(30)12-13-28(20)26(31)22-15-24(34-4)25(16-23(22)29(32)33)35-17-19-10-8-7-9-11-19/h7-11,15-16,20H,12-14,17-18H2,1-6H3. The number of benzene rings is 2. The summed E-state index contributed by atoms with van der Waals surface area (Å²) in [5.74, 6) is -0.103. The molecule has 0 bridgehead atoms. The van der Waals surface area contributed by atoms with Crippen LogP contribution in [0.2, 0.25) is 18.1 Å². The highest BCUT2D eigenvalue weighted by Gasteiger charge is 2.40. The second kappa shape index (κ2) is 11.4. The van der Waals surface area contributed by atoms with E-state index in [1.165, 1.54) is 24.1 Å². The van der Waals surface area contributed by atoms with Crippen molar-refractivity contribution in [3.63, 3.8) is 0 Å². The molecule has 3 rings (SSSR count). The lowest BCUT2D eigenvalue weighted by Gasteiger charge is -2.40. The molecule has 37 heavy (non-hydrogen) atoms. The van der Waals surface area contributed by atoms with Crippen LogP contribution in [-0.2, 0) is 15.8 Å². The van der Waals surface area contributed by atoms with Crippen molar-refractivity contribution in [1.29, 1.82) is 0 Å². The van der Waals surface area contributed by atoms with Crippen molar-refractivity contribution in [1.82, 2.24) is 4.90 Å². The van der Waals surface area contributed by atoms with Crippen molar-refractivity contribution in [2.75, 3.05) is 20.3 Å². The van der Waals surface area contributed by atoms with Crippen LogP contribution in [0.1, 0.15) is 49.5 Å². The number of amides is 1. The minimum Gasteiger partial charge on any atom is -0.493 e. The largest absolute Gasteiger partial charge is 0.493 e. The Morgan fingerprint density at radius 3 is 2.43 bits per heavy atom. The fourth-order valence-electron chi connectivity index (χ4n) is 3.87. The summed E-state index contributed by atoms with van der Waals surface area (Å²) < 4.78 is 17.6. The summed E-state index contributed by atoms with van der Waals surface area (Å²) in [6.07, 6.45) is 0.356. The van der Waals surface area contributed by atoms with Crippen LogP contribution in [0.4, 0.5) is 5.69 Å². The molecule has 1 amide bonds. The molecule has 9 nitrogen and oxygen atoms in total.